The highest BCUT2D eigenvalue weighted by Crippen LogP contribution is 2.22. The fourth-order valence-electron chi connectivity index (χ4n) is 1.48. The molecule has 4 nitrogen and oxygen atoms in total. The number of benzene rings is 1. The SMILES string of the molecule is O=C(O)c1ncccc1COc1ccc(F)c(Br)c1. The monoisotopic (exact) mass is 325 g/mol. The van der Waals surface area contributed by atoms with Crippen molar-refractivity contribution in [2.24, 2.45) is 0 Å². The summed E-state index contributed by atoms with van der Waals surface area (Å²) in [4.78, 5) is 14.7. The van der Waals surface area contributed by atoms with Crippen LogP contribution in [0.15, 0.2) is 41.0 Å². The molecule has 1 N–H and O–H groups in total. The minimum Gasteiger partial charge on any atom is -0.489 e. The molecule has 0 fully saturated rings. The lowest BCUT2D eigenvalue weighted by Gasteiger charge is -2.08. The van der Waals surface area contributed by atoms with E-state index in [1.807, 2.05) is 0 Å². The van der Waals surface area contributed by atoms with Gasteiger partial charge in [0.15, 0.2) is 5.69 Å². The van der Waals surface area contributed by atoms with Crippen molar-refractivity contribution < 1.29 is 19.0 Å². The zero-order valence-corrected chi connectivity index (χ0v) is 11.2. The first kappa shape index (κ1) is 13.5. The second-order valence-corrected chi connectivity index (χ2v) is 4.54. The van der Waals surface area contributed by atoms with Gasteiger partial charge in [-0.25, -0.2) is 14.2 Å². The smallest absolute Gasteiger partial charge is 0.354 e. The van der Waals surface area contributed by atoms with Crippen LogP contribution in [0.25, 0.3) is 0 Å². The van der Waals surface area contributed by atoms with E-state index < -0.39 is 5.97 Å². The van der Waals surface area contributed by atoms with Crippen molar-refractivity contribution in [2.75, 3.05) is 0 Å². The maximum atomic E-state index is 13.0. The average Bonchev–Trinajstić information content (AvgIpc) is 2.40. The van der Waals surface area contributed by atoms with Gasteiger partial charge in [-0.2, -0.15) is 0 Å². The highest BCUT2D eigenvalue weighted by Gasteiger charge is 2.11. The van der Waals surface area contributed by atoms with Crippen LogP contribution >= 0.6 is 15.9 Å². The lowest BCUT2D eigenvalue weighted by atomic mass is 10.2. The second-order valence-electron chi connectivity index (χ2n) is 3.68. The van der Waals surface area contributed by atoms with Crippen molar-refractivity contribution in [3.05, 3.63) is 58.1 Å². The molecule has 19 heavy (non-hydrogen) atoms. The van der Waals surface area contributed by atoms with Crippen LogP contribution in [0.4, 0.5) is 4.39 Å². The molecule has 0 amide bonds. The first-order valence-electron chi connectivity index (χ1n) is 5.33. The van der Waals surface area contributed by atoms with Gasteiger partial charge in [0.2, 0.25) is 0 Å². The third-order valence-corrected chi connectivity index (χ3v) is 2.99. The van der Waals surface area contributed by atoms with E-state index in [1.165, 1.54) is 24.4 Å². The highest BCUT2D eigenvalue weighted by molar-refractivity contribution is 9.10. The van der Waals surface area contributed by atoms with Gasteiger partial charge in [0.25, 0.3) is 0 Å². The third kappa shape index (κ3) is 3.29. The van der Waals surface area contributed by atoms with E-state index in [4.69, 9.17) is 9.84 Å². The summed E-state index contributed by atoms with van der Waals surface area (Å²) in [5.74, 6) is -1.06. The Hall–Kier alpha value is -1.95. The Morgan fingerprint density at radius 3 is 2.89 bits per heavy atom. The predicted octanol–water partition coefficient (Wildman–Crippen LogP) is 3.26. The van der Waals surface area contributed by atoms with Crippen LogP contribution in [0.1, 0.15) is 16.1 Å². The summed E-state index contributed by atoms with van der Waals surface area (Å²) in [6, 6.07) is 7.46. The van der Waals surface area contributed by atoms with E-state index in [9.17, 15) is 9.18 Å². The topological polar surface area (TPSA) is 59.4 Å². The number of carboxylic acid groups (broad SMARTS) is 1. The van der Waals surface area contributed by atoms with Crippen LogP contribution in [0, 0.1) is 5.82 Å². The van der Waals surface area contributed by atoms with Gasteiger partial charge in [0, 0.05) is 11.8 Å². The number of rotatable bonds is 4. The molecule has 0 saturated heterocycles. The Labute approximate surface area is 117 Å². The van der Waals surface area contributed by atoms with E-state index in [0.717, 1.165) is 0 Å². The summed E-state index contributed by atoms with van der Waals surface area (Å²) in [7, 11) is 0. The Morgan fingerprint density at radius 1 is 1.42 bits per heavy atom. The van der Waals surface area contributed by atoms with E-state index in [0.29, 0.717) is 11.3 Å². The number of halogens is 2. The maximum Gasteiger partial charge on any atom is 0.354 e. The largest absolute Gasteiger partial charge is 0.489 e. The molecule has 0 unspecified atom stereocenters. The second kappa shape index (κ2) is 5.79. The van der Waals surface area contributed by atoms with Crippen molar-refractivity contribution in [3.8, 4) is 5.75 Å². The van der Waals surface area contributed by atoms with Crippen LogP contribution in [0.5, 0.6) is 5.75 Å². The predicted molar refractivity (Wildman–Crippen MR) is 69.6 cm³/mol. The number of carboxylic acids is 1. The van der Waals surface area contributed by atoms with Gasteiger partial charge < -0.3 is 9.84 Å². The molecule has 98 valence electrons. The first-order chi connectivity index (χ1) is 9.08. The van der Waals surface area contributed by atoms with Crippen LogP contribution in [-0.2, 0) is 6.61 Å². The van der Waals surface area contributed by atoms with Crippen molar-refractivity contribution in [1.82, 2.24) is 4.98 Å². The van der Waals surface area contributed by atoms with Gasteiger partial charge in [-0.15, -0.1) is 0 Å². The summed E-state index contributed by atoms with van der Waals surface area (Å²) >= 11 is 3.05. The molecule has 1 heterocycles. The molecule has 1 aromatic heterocycles. The Kier molecular flexibility index (Phi) is 4.11. The molecule has 0 radical (unpaired) electrons. The van der Waals surface area contributed by atoms with Crippen LogP contribution in [0.3, 0.4) is 0 Å². The highest BCUT2D eigenvalue weighted by atomic mass is 79.9. The molecule has 6 heteroatoms. The van der Waals surface area contributed by atoms with E-state index >= 15 is 0 Å². The minimum atomic E-state index is -1.11. The number of hydrogen-bond acceptors (Lipinski definition) is 3. The van der Waals surface area contributed by atoms with Crippen molar-refractivity contribution >= 4 is 21.9 Å². The van der Waals surface area contributed by atoms with Crippen LogP contribution < -0.4 is 4.74 Å². The molecule has 0 aliphatic carbocycles. The fourth-order valence-corrected chi connectivity index (χ4v) is 1.83. The number of carbonyl (C=O) groups is 1. The van der Waals surface area contributed by atoms with Gasteiger partial charge in [0.05, 0.1) is 4.47 Å². The number of hydrogen-bond donors (Lipinski definition) is 1. The molecular weight excluding hydrogens is 317 g/mol. The molecule has 2 rings (SSSR count). The van der Waals surface area contributed by atoms with E-state index in [2.05, 4.69) is 20.9 Å². The summed E-state index contributed by atoms with van der Waals surface area (Å²) in [5.41, 5.74) is 0.402. The van der Waals surface area contributed by atoms with Crippen molar-refractivity contribution in [1.29, 1.82) is 0 Å². The molecule has 0 atom stereocenters. The maximum absolute atomic E-state index is 13.0. The first-order valence-corrected chi connectivity index (χ1v) is 6.12. The number of pyridine rings is 1. The number of aromatic nitrogens is 1. The lowest BCUT2D eigenvalue weighted by molar-refractivity contribution is 0.0687. The van der Waals surface area contributed by atoms with E-state index in [-0.39, 0.29) is 22.6 Å². The molecule has 0 aliphatic rings. The van der Waals surface area contributed by atoms with Crippen LogP contribution in [-0.4, -0.2) is 16.1 Å². The van der Waals surface area contributed by atoms with Gasteiger partial charge in [-0.3, -0.25) is 0 Å². The van der Waals surface area contributed by atoms with Crippen LogP contribution in [0.2, 0.25) is 0 Å². The molecule has 0 bridgehead atoms. The number of ether oxygens (including phenoxy) is 1. The number of aromatic carboxylic acids is 1. The third-order valence-electron chi connectivity index (χ3n) is 2.38. The quantitative estimate of drug-likeness (QED) is 0.937. The van der Waals surface area contributed by atoms with Crippen molar-refractivity contribution in [3.63, 3.8) is 0 Å². The van der Waals surface area contributed by atoms with E-state index in [1.54, 1.807) is 12.1 Å². The fraction of sp³-hybridized carbons (Fsp3) is 0.0769. The molecule has 2 aromatic rings. The van der Waals surface area contributed by atoms with Gasteiger partial charge in [0.1, 0.15) is 18.2 Å². The molecule has 0 spiro atoms. The summed E-state index contributed by atoms with van der Waals surface area (Å²) < 4.78 is 18.7. The van der Waals surface area contributed by atoms with Gasteiger partial charge in [-0.05, 0) is 40.2 Å². The zero-order chi connectivity index (χ0) is 13.8. The Morgan fingerprint density at radius 2 is 2.21 bits per heavy atom. The average molecular weight is 326 g/mol. The minimum absolute atomic E-state index is 0.0492. The Bertz CT molecular complexity index is 619. The van der Waals surface area contributed by atoms with Gasteiger partial charge >= 0.3 is 5.97 Å². The van der Waals surface area contributed by atoms with Crippen molar-refractivity contribution in [2.45, 2.75) is 6.61 Å². The Balaban J connectivity index is 2.14. The number of nitrogens with zero attached hydrogens (tertiary/aromatic N) is 1. The lowest BCUT2D eigenvalue weighted by Crippen LogP contribution is -2.07. The van der Waals surface area contributed by atoms with Gasteiger partial charge in [-0.1, -0.05) is 6.07 Å². The summed E-state index contributed by atoms with van der Waals surface area (Å²) in [6.07, 6.45) is 1.40. The molecule has 0 aliphatic heterocycles. The molecule has 1 aromatic carbocycles. The molecular formula is C13H9BrFNO3. The molecule has 0 saturated carbocycles. The summed E-state index contributed by atoms with van der Waals surface area (Å²) in [5, 5.41) is 8.97. The zero-order valence-electron chi connectivity index (χ0n) is 9.64. The normalized spacial score (nSPS) is 10.2. The standard InChI is InChI=1S/C13H9BrFNO3/c14-10-6-9(3-4-11(10)15)19-7-8-2-1-5-16-12(8)13(17)18/h1-6H,7H2,(H,17,18). The summed E-state index contributed by atoms with van der Waals surface area (Å²) in [6.45, 7) is 0.0492.